The summed E-state index contributed by atoms with van der Waals surface area (Å²) in [4.78, 5) is 6.90. The van der Waals surface area contributed by atoms with Gasteiger partial charge >= 0.3 is 0 Å². The second-order valence-corrected chi connectivity index (χ2v) is 7.41. The third kappa shape index (κ3) is 4.78. The molecule has 0 aliphatic carbocycles. The number of pyridine rings is 1. The number of nitrogens with one attached hydrogen (secondary N) is 1. The highest BCUT2D eigenvalue weighted by molar-refractivity contribution is 6.33. The lowest BCUT2D eigenvalue weighted by Gasteiger charge is -2.32. The van der Waals surface area contributed by atoms with Crippen LogP contribution in [0.25, 0.3) is 11.3 Å². The Morgan fingerprint density at radius 2 is 1.85 bits per heavy atom. The monoisotopic (exact) mass is 381 g/mol. The van der Waals surface area contributed by atoms with E-state index in [1.165, 1.54) is 0 Å². The van der Waals surface area contributed by atoms with Gasteiger partial charge in [0.15, 0.2) is 0 Å². The van der Waals surface area contributed by atoms with E-state index >= 15 is 0 Å². The van der Waals surface area contributed by atoms with Crippen molar-refractivity contribution in [1.29, 1.82) is 0 Å². The third-order valence-electron chi connectivity index (χ3n) is 5.07. The van der Waals surface area contributed by atoms with Gasteiger partial charge in [-0.2, -0.15) is 0 Å². The van der Waals surface area contributed by atoms with E-state index in [1.807, 2.05) is 48.7 Å². The molecule has 1 fully saturated rings. The molecular weight excluding hydrogens is 358 g/mol. The van der Waals surface area contributed by atoms with Gasteiger partial charge in [-0.15, -0.1) is 0 Å². The van der Waals surface area contributed by atoms with Gasteiger partial charge in [-0.25, -0.2) is 0 Å². The van der Waals surface area contributed by atoms with Gasteiger partial charge in [0.05, 0.1) is 17.3 Å². The minimum absolute atomic E-state index is 0.527. The SMILES string of the molecule is Clc1ccccc1-c1ccc(CNC2CCN(Cc3ccccn3)CC2)o1. The summed E-state index contributed by atoms with van der Waals surface area (Å²) >= 11 is 6.25. The average Bonchev–Trinajstić information content (AvgIpc) is 3.17. The van der Waals surface area contributed by atoms with Crippen LogP contribution in [0, 0.1) is 0 Å². The van der Waals surface area contributed by atoms with Gasteiger partial charge in [0.1, 0.15) is 11.5 Å². The van der Waals surface area contributed by atoms with Gasteiger partial charge in [0.25, 0.3) is 0 Å². The average molecular weight is 382 g/mol. The Bertz CT molecular complexity index is 857. The molecule has 1 N–H and O–H groups in total. The first kappa shape index (κ1) is 18.2. The van der Waals surface area contributed by atoms with Crippen LogP contribution >= 0.6 is 11.6 Å². The maximum atomic E-state index is 6.25. The van der Waals surface area contributed by atoms with E-state index in [9.17, 15) is 0 Å². The summed E-state index contributed by atoms with van der Waals surface area (Å²) in [6, 6.07) is 18.4. The molecular formula is C22H24ClN3O. The molecule has 0 unspecified atom stereocenters. The summed E-state index contributed by atoms with van der Waals surface area (Å²) in [5.74, 6) is 1.77. The summed E-state index contributed by atoms with van der Waals surface area (Å²) < 4.78 is 5.98. The zero-order valence-electron chi connectivity index (χ0n) is 15.3. The van der Waals surface area contributed by atoms with Crippen LogP contribution in [0.5, 0.6) is 0 Å². The molecule has 1 aliphatic heterocycles. The van der Waals surface area contributed by atoms with Gasteiger partial charge in [0.2, 0.25) is 0 Å². The number of aromatic nitrogens is 1. The first-order chi connectivity index (χ1) is 13.3. The topological polar surface area (TPSA) is 41.3 Å². The zero-order valence-corrected chi connectivity index (χ0v) is 16.0. The highest BCUT2D eigenvalue weighted by Gasteiger charge is 2.19. The molecule has 5 heteroatoms. The highest BCUT2D eigenvalue weighted by Crippen LogP contribution is 2.29. The molecule has 2 aromatic heterocycles. The van der Waals surface area contributed by atoms with Crippen LogP contribution < -0.4 is 5.32 Å². The molecule has 0 bridgehead atoms. The van der Waals surface area contributed by atoms with E-state index in [0.29, 0.717) is 11.1 Å². The van der Waals surface area contributed by atoms with Gasteiger partial charge in [-0.1, -0.05) is 29.8 Å². The maximum absolute atomic E-state index is 6.25. The molecule has 1 saturated heterocycles. The van der Waals surface area contributed by atoms with E-state index in [-0.39, 0.29) is 0 Å². The number of halogens is 1. The predicted octanol–water partition coefficient (Wildman–Crippen LogP) is 4.75. The number of likely N-dealkylation sites (tertiary alicyclic amines) is 1. The van der Waals surface area contributed by atoms with E-state index in [4.69, 9.17) is 16.0 Å². The van der Waals surface area contributed by atoms with Gasteiger partial charge in [-0.3, -0.25) is 9.88 Å². The molecule has 3 aromatic rings. The Kier molecular flexibility index (Phi) is 5.87. The van der Waals surface area contributed by atoms with Crippen molar-refractivity contribution in [3.63, 3.8) is 0 Å². The number of piperidine rings is 1. The number of benzene rings is 1. The van der Waals surface area contributed by atoms with Crippen LogP contribution in [0.15, 0.2) is 65.2 Å². The van der Waals surface area contributed by atoms with Crippen molar-refractivity contribution in [1.82, 2.24) is 15.2 Å². The number of nitrogens with zero attached hydrogens (tertiary/aromatic N) is 2. The molecule has 0 amide bonds. The number of hydrogen-bond acceptors (Lipinski definition) is 4. The third-order valence-corrected chi connectivity index (χ3v) is 5.39. The smallest absolute Gasteiger partial charge is 0.135 e. The van der Waals surface area contributed by atoms with Crippen LogP contribution in [0.2, 0.25) is 5.02 Å². The Balaban J connectivity index is 1.25. The molecule has 4 rings (SSSR count). The lowest BCUT2D eigenvalue weighted by atomic mass is 10.0. The van der Waals surface area contributed by atoms with E-state index in [2.05, 4.69) is 27.3 Å². The second-order valence-electron chi connectivity index (χ2n) is 7.00. The fraction of sp³-hybridized carbons (Fsp3) is 0.318. The number of furan rings is 1. The lowest BCUT2D eigenvalue weighted by Crippen LogP contribution is -2.41. The largest absolute Gasteiger partial charge is 0.460 e. The van der Waals surface area contributed by atoms with Crippen LogP contribution in [0.1, 0.15) is 24.3 Å². The van der Waals surface area contributed by atoms with E-state index in [1.54, 1.807) is 0 Å². The molecule has 27 heavy (non-hydrogen) atoms. The molecule has 4 nitrogen and oxygen atoms in total. The summed E-state index contributed by atoms with van der Waals surface area (Å²) in [7, 11) is 0. The van der Waals surface area contributed by atoms with Crippen molar-refractivity contribution in [2.45, 2.75) is 32.0 Å². The summed E-state index contributed by atoms with van der Waals surface area (Å²) in [5.41, 5.74) is 2.08. The number of rotatable bonds is 6. The van der Waals surface area contributed by atoms with Crippen molar-refractivity contribution in [2.75, 3.05) is 13.1 Å². The maximum Gasteiger partial charge on any atom is 0.135 e. The summed E-state index contributed by atoms with van der Waals surface area (Å²) in [6.07, 6.45) is 4.15. The Labute approximate surface area is 165 Å². The van der Waals surface area contributed by atoms with Gasteiger partial charge in [-0.05, 0) is 49.2 Å². The molecule has 3 heterocycles. The Morgan fingerprint density at radius 3 is 2.63 bits per heavy atom. The molecule has 0 saturated carbocycles. The first-order valence-electron chi connectivity index (χ1n) is 9.47. The van der Waals surface area contributed by atoms with Crippen LogP contribution in [-0.2, 0) is 13.1 Å². The summed E-state index contributed by atoms with van der Waals surface area (Å²) in [6.45, 7) is 3.87. The zero-order chi connectivity index (χ0) is 18.5. The predicted molar refractivity (Wildman–Crippen MR) is 109 cm³/mol. The minimum Gasteiger partial charge on any atom is -0.460 e. The molecule has 0 spiro atoms. The first-order valence-corrected chi connectivity index (χ1v) is 9.85. The van der Waals surface area contributed by atoms with Crippen molar-refractivity contribution < 1.29 is 4.42 Å². The van der Waals surface area contributed by atoms with Gasteiger partial charge in [0, 0.05) is 37.4 Å². The molecule has 0 atom stereocenters. The quantitative estimate of drug-likeness (QED) is 0.669. The molecule has 140 valence electrons. The van der Waals surface area contributed by atoms with Crippen LogP contribution in [-0.4, -0.2) is 29.0 Å². The normalized spacial score (nSPS) is 15.9. The van der Waals surface area contributed by atoms with Gasteiger partial charge < -0.3 is 9.73 Å². The second kappa shape index (κ2) is 8.70. The van der Waals surface area contributed by atoms with Crippen molar-refractivity contribution >= 4 is 11.6 Å². The summed E-state index contributed by atoms with van der Waals surface area (Å²) in [5, 5.41) is 4.35. The highest BCUT2D eigenvalue weighted by atomic mass is 35.5. The fourth-order valence-electron chi connectivity index (χ4n) is 3.54. The van der Waals surface area contributed by atoms with E-state index in [0.717, 1.165) is 61.8 Å². The van der Waals surface area contributed by atoms with E-state index < -0.39 is 0 Å². The van der Waals surface area contributed by atoms with Crippen LogP contribution in [0.3, 0.4) is 0 Å². The Hall–Kier alpha value is -2.14. The molecule has 1 aliphatic rings. The van der Waals surface area contributed by atoms with Crippen molar-refractivity contribution in [3.8, 4) is 11.3 Å². The number of hydrogen-bond donors (Lipinski definition) is 1. The Morgan fingerprint density at radius 1 is 1.04 bits per heavy atom. The fourth-order valence-corrected chi connectivity index (χ4v) is 3.77. The van der Waals surface area contributed by atoms with Crippen molar-refractivity contribution in [2.24, 2.45) is 0 Å². The molecule has 0 radical (unpaired) electrons. The minimum atomic E-state index is 0.527. The van der Waals surface area contributed by atoms with Crippen LogP contribution in [0.4, 0.5) is 0 Å². The molecule has 1 aromatic carbocycles. The standard InChI is InChI=1S/C22H24ClN3O/c23-21-7-2-1-6-20(21)22-9-8-19(27-22)15-25-17-10-13-26(14-11-17)16-18-5-3-4-12-24-18/h1-9,12,17,25H,10-11,13-16H2. The lowest BCUT2D eigenvalue weighted by molar-refractivity contribution is 0.187. The van der Waals surface area contributed by atoms with Crippen molar-refractivity contribution in [3.05, 3.63) is 77.3 Å².